The van der Waals surface area contributed by atoms with Gasteiger partial charge >= 0.3 is 5.97 Å². The first-order valence-corrected chi connectivity index (χ1v) is 6.77. The molecule has 0 saturated carbocycles. The van der Waals surface area contributed by atoms with Crippen molar-refractivity contribution in [3.63, 3.8) is 0 Å². The summed E-state index contributed by atoms with van der Waals surface area (Å²) in [5.74, 6) is -0.386. The Morgan fingerprint density at radius 3 is 2.37 bits per heavy atom. The molecule has 0 fully saturated rings. The Kier molecular flexibility index (Phi) is 7.55. The Balaban J connectivity index is 4.10. The lowest BCUT2D eigenvalue weighted by Crippen LogP contribution is -2.48. The molecule has 0 rings (SSSR count). The Hall–Kier alpha value is -0.650. The third-order valence-corrected chi connectivity index (χ3v) is 3.11. The number of rotatable bonds is 9. The van der Waals surface area contributed by atoms with Crippen LogP contribution in [0.2, 0.25) is 0 Å². The summed E-state index contributed by atoms with van der Waals surface area (Å²) in [5.41, 5.74) is 4.74. The molecule has 2 atom stereocenters. The lowest BCUT2D eigenvalue weighted by Gasteiger charge is -2.27. The summed E-state index contributed by atoms with van der Waals surface area (Å²) in [4.78, 5) is 11.7. The minimum atomic E-state index is -1.01. The van der Waals surface area contributed by atoms with Crippen molar-refractivity contribution in [2.24, 2.45) is 5.73 Å². The number of methoxy groups -OCH3 is 1. The third kappa shape index (κ3) is 7.50. The lowest BCUT2D eigenvalue weighted by molar-refractivity contribution is -0.150. The molecule has 19 heavy (non-hydrogen) atoms. The summed E-state index contributed by atoms with van der Waals surface area (Å²) in [6, 6.07) is 0. The van der Waals surface area contributed by atoms with Gasteiger partial charge in [0, 0.05) is 20.1 Å². The second-order valence-corrected chi connectivity index (χ2v) is 5.74. The molecule has 0 amide bonds. The zero-order valence-electron chi connectivity index (χ0n) is 13.1. The van der Waals surface area contributed by atoms with E-state index in [-0.39, 0.29) is 17.7 Å². The number of esters is 1. The molecule has 114 valence electrons. The van der Waals surface area contributed by atoms with Gasteiger partial charge in [-0.1, -0.05) is 0 Å². The zero-order valence-corrected chi connectivity index (χ0v) is 13.1. The van der Waals surface area contributed by atoms with Crippen LogP contribution in [0, 0.1) is 0 Å². The molecule has 0 bridgehead atoms. The average molecular weight is 275 g/mol. The van der Waals surface area contributed by atoms with E-state index in [0.29, 0.717) is 19.6 Å². The van der Waals surface area contributed by atoms with E-state index in [1.165, 1.54) is 0 Å². The van der Waals surface area contributed by atoms with Crippen LogP contribution >= 0.6 is 0 Å². The van der Waals surface area contributed by atoms with Gasteiger partial charge in [-0.3, -0.25) is 4.79 Å². The van der Waals surface area contributed by atoms with Gasteiger partial charge in [-0.2, -0.15) is 0 Å². The van der Waals surface area contributed by atoms with E-state index in [0.717, 1.165) is 6.42 Å². The van der Waals surface area contributed by atoms with Crippen molar-refractivity contribution in [2.45, 2.75) is 64.7 Å². The normalized spacial score (nSPS) is 16.8. The van der Waals surface area contributed by atoms with Crippen LogP contribution in [0.4, 0.5) is 0 Å². The molecule has 0 aliphatic carbocycles. The Morgan fingerprint density at radius 2 is 1.89 bits per heavy atom. The second-order valence-electron chi connectivity index (χ2n) is 5.74. The van der Waals surface area contributed by atoms with Gasteiger partial charge in [-0.05, 0) is 41.0 Å². The third-order valence-electron chi connectivity index (χ3n) is 3.11. The Morgan fingerprint density at radius 1 is 1.32 bits per heavy atom. The fraction of sp³-hybridized carbons (Fsp3) is 0.929. The van der Waals surface area contributed by atoms with E-state index in [4.69, 9.17) is 19.9 Å². The lowest BCUT2D eigenvalue weighted by atomic mass is 9.96. The van der Waals surface area contributed by atoms with Crippen molar-refractivity contribution in [3.8, 4) is 0 Å². The van der Waals surface area contributed by atoms with Crippen molar-refractivity contribution >= 4 is 5.97 Å². The largest absolute Gasteiger partial charge is 0.465 e. The van der Waals surface area contributed by atoms with Gasteiger partial charge in [0.1, 0.15) is 5.54 Å². The molecule has 0 saturated heterocycles. The molecule has 2 N–H and O–H groups in total. The Bertz CT molecular complexity index is 277. The van der Waals surface area contributed by atoms with E-state index in [1.54, 1.807) is 21.0 Å². The average Bonchev–Trinajstić information content (AvgIpc) is 2.28. The number of carbonyl (C=O) groups is 1. The predicted molar refractivity (Wildman–Crippen MR) is 75.0 cm³/mol. The van der Waals surface area contributed by atoms with Crippen LogP contribution in [-0.4, -0.2) is 43.5 Å². The van der Waals surface area contributed by atoms with Crippen LogP contribution in [0.1, 0.15) is 47.5 Å². The molecule has 0 radical (unpaired) electrons. The molecule has 0 aliphatic rings. The standard InChI is InChI=1S/C14H29NO4/c1-7-18-12(16)14(5,15)10-11(2)19-9-8-13(3,4)17-6/h11H,7-10,15H2,1-6H3. The number of carbonyl (C=O) groups excluding carboxylic acids is 1. The van der Waals surface area contributed by atoms with Crippen LogP contribution in [0.15, 0.2) is 0 Å². The van der Waals surface area contributed by atoms with Gasteiger partial charge in [-0.15, -0.1) is 0 Å². The highest BCUT2D eigenvalue weighted by Gasteiger charge is 2.32. The molecule has 0 heterocycles. The molecule has 2 unspecified atom stereocenters. The molecule has 0 aromatic rings. The van der Waals surface area contributed by atoms with Gasteiger partial charge < -0.3 is 19.9 Å². The molecule has 5 heteroatoms. The summed E-state index contributed by atoms with van der Waals surface area (Å²) >= 11 is 0. The summed E-state index contributed by atoms with van der Waals surface area (Å²) < 4.78 is 15.9. The quantitative estimate of drug-likeness (QED) is 0.651. The molecule has 0 aliphatic heterocycles. The monoisotopic (exact) mass is 275 g/mol. The summed E-state index contributed by atoms with van der Waals surface area (Å²) in [6.45, 7) is 10.3. The molecule has 0 spiro atoms. The molecule has 0 aromatic carbocycles. The highest BCUT2D eigenvalue weighted by Crippen LogP contribution is 2.16. The maximum atomic E-state index is 11.7. The predicted octanol–water partition coefficient (Wildman–Crippen LogP) is 1.88. The maximum absolute atomic E-state index is 11.7. The van der Waals surface area contributed by atoms with Gasteiger partial charge in [0.15, 0.2) is 0 Å². The minimum Gasteiger partial charge on any atom is -0.465 e. The summed E-state index contributed by atoms with van der Waals surface area (Å²) in [7, 11) is 1.68. The van der Waals surface area contributed by atoms with Crippen LogP contribution in [0.5, 0.6) is 0 Å². The fourth-order valence-corrected chi connectivity index (χ4v) is 1.64. The summed E-state index contributed by atoms with van der Waals surface area (Å²) in [5, 5.41) is 0. The first-order valence-electron chi connectivity index (χ1n) is 6.77. The van der Waals surface area contributed by atoms with Gasteiger partial charge in [0.05, 0.1) is 18.3 Å². The summed E-state index contributed by atoms with van der Waals surface area (Å²) in [6.07, 6.45) is 1.11. The van der Waals surface area contributed by atoms with E-state index in [1.807, 2.05) is 20.8 Å². The fourth-order valence-electron chi connectivity index (χ4n) is 1.64. The zero-order chi connectivity index (χ0) is 15.1. The van der Waals surface area contributed by atoms with E-state index in [9.17, 15) is 4.79 Å². The molecule has 0 aromatic heterocycles. The smallest absolute Gasteiger partial charge is 0.325 e. The van der Waals surface area contributed by atoms with Crippen molar-refractivity contribution in [1.82, 2.24) is 0 Å². The molecular formula is C14H29NO4. The number of hydrogen-bond donors (Lipinski definition) is 1. The van der Waals surface area contributed by atoms with E-state index in [2.05, 4.69) is 0 Å². The molecule has 5 nitrogen and oxygen atoms in total. The van der Waals surface area contributed by atoms with Crippen molar-refractivity contribution in [3.05, 3.63) is 0 Å². The number of ether oxygens (including phenoxy) is 3. The van der Waals surface area contributed by atoms with Crippen LogP contribution in [-0.2, 0) is 19.0 Å². The topological polar surface area (TPSA) is 70.8 Å². The van der Waals surface area contributed by atoms with Gasteiger partial charge in [-0.25, -0.2) is 0 Å². The first kappa shape index (κ1) is 18.4. The van der Waals surface area contributed by atoms with Crippen LogP contribution in [0.25, 0.3) is 0 Å². The minimum absolute atomic E-state index is 0.105. The maximum Gasteiger partial charge on any atom is 0.325 e. The SMILES string of the molecule is CCOC(=O)C(C)(N)CC(C)OCCC(C)(C)OC. The van der Waals surface area contributed by atoms with Gasteiger partial charge in [0.25, 0.3) is 0 Å². The number of nitrogens with two attached hydrogens (primary N) is 1. The number of hydrogen-bond acceptors (Lipinski definition) is 5. The van der Waals surface area contributed by atoms with Crippen LogP contribution in [0.3, 0.4) is 0 Å². The molecular weight excluding hydrogens is 246 g/mol. The van der Waals surface area contributed by atoms with Crippen molar-refractivity contribution in [1.29, 1.82) is 0 Å². The van der Waals surface area contributed by atoms with Gasteiger partial charge in [0.2, 0.25) is 0 Å². The highest BCUT2D eigenvalue weighted by molar-refractivity contribution is 5.80. The van der Waals surface area contributed by atoms with Crippen molar-refractivity contribution < 1.29 is 19.0 Å². The van der Waals surface area contributed by atoms with E-state index >= 15 is 0 Å². The second kappa shape index (κ2) is 7.82. The van der Waals surface area contributed by atoms with Crippen LogP contribution < -0.4 is 5.73 Å². The first-order chi connectivity index (χ1) is 8.64. The highest BCUT2D eigenvalue weighted by atomic mass is 16.5. The van der Waals surface area contributed by atoms with Crippen molar-refractivity contribution in [2.75, 3.05) is 20.3 Å². The Labute approximate surface area is 116 Å². The van der Waals surface area contributed by atoms with E-state index < -0.39 is 5.54 Å².